The molecule has 0 radical (unpaired) electrons. The van der Waals surface area contributed by atoms with Gasteiger partial charge in [-0.05, 0) is 6.92 Å². The Morgan fingerprint density at radius 2 is 2.27 bits per heavy atom. The van der Waals surface area contributed by atoms with Crippen LogP contribution in [0.3, 0.4) is 0 Å². The highest BCUT2D eigenvalue weighted by Crippen LogP contribution is 2.14. The van der Waals surface area contributed by atoms with Gasteiger partial charge in [-0.1, -0.05) is 11.6 Å². The largest absolute Gasteiger partial charge is 0.292 e. The Kier molecular flexibility index (Phi) is 2.53. The first-order valence-corrected chi connectivity index (χ1v) is 4.59. The molecular weight excluding hydrogens is 216 g/mol. The number of hydrogen-bond donors (Lipinski definition) is 2. The van der Waals surface area contributed by atoms with Crippen LogP contribution in [0.4, 0.5) is 5.95 Å². The predicted molar refractivity (Wildman–Crippen MR) is 56.7 cm³/mol. The van der Waals surface area contributed by atoms with Crippen molar-refractivity contribution in [2.75, 3.05) is 5.43 Å². The van der Waals surface area contributed by atoms with E-state index in [4.69, 9.17) is 17.4 Å². The molecular formula is C8H9ClN6. The smallest absolute Gasteiger partial charge is 0.239 e. The van der Waals surface area contributed by atoms with Crippen LogP contribution in [-0.4, -0.2) is 19.7 Å². The molecule has 0 bridgehead atoms. The molecule has 7 heteroatoms. The van der Waals surface area contributed by atoms with E-state index in [0.717, 1.165) is 5.56 Å². The Hall–Kier alpha value is -1.66. The fourth-order valence-corrected chi connectivity index (χ4v) is 1.29. The number of nitrogens with one attached hydrogen (secondary N) is 1. The Morgan fingerprint density at radius 1 is 1.47 bits per heavy atom. The number of aromatic nitrogens is 4. The second-order valence-corrected chi connectivity index (χ2v) is 3.38. The van der Waals surface area contributed by atoms with Gasteiger partial charge in [-0.15, -0.1) is 0 Å². The number of anilines is 1. The van der Waals surface area contributed by atoms with E-state index in [1.807, 2.05) is 6.92 Å². The van der Waals surface area contributed by atoms with Crippen molar-refractivity contribution >= 4 is 17.5 Å². The van der Waals surface area contributed by atoms with Gasteiger partial charge >= 0.3 is 0 Å². The van der Waals surface area contributed by atoms with Crippen LogP contribution in [0.15, 0.2) is 18.6 Å². The van der Waals surface area contributed by atoms with Crippen molar-refractivity contribution in [1.29, 1.82) is 0 Å². The molecule has 2 aromatic rings. The van der Waals surface area contributed by atoms with Gasteiger partial charge < -0.3 is 0 Å². The SMILES string of the molecule is Cc1cnc(NN)nc1-n1cc(Cl)cn1. The minimum Gasteiger partial charge on any atom is -0.292 e. The summed E-state index contributed by atoms with van der Waals surface area (Å²) in [5.74, 6) is 6.20. The molecule has 0 aliphatic carbocycles. The first-order valence-electron chi connectivity index (χ1n) is 4.21. The molecule has 0 unspecified atom stereocenters. The molecule has 2 heterocycles. The summed E-state index contributed by atoms with van der Waals surface area (Å²) in [6.07, 6.45) is 4.86. The molecule has 78 valence electrons. The predicted octanol–water partition coefficient (Wildman–Crippen LogP) is 0.910. The van der Waals surface area contributed by atoms with Crippen molar-refractivity contribution in [2.24, 2.45) is 5.84 Å². The lowest BCUT2D eigenvalue weighted by Gasteiger charge is -2.05. The van der Waals surface area contributed by atoms with Gasteiger partial charge in [-0.25, -0.2) is 15.5 Å². The fourth-order valence-electron chi connectivity index (χ4n) is 1.15. The molecule has 0 atom stereocenters. The number of nitrogens with two attached hydrogens (primary N) is 1. The summed E-state index contributed by atoms with van der Waals surface area (Å²) in [7, 11) is 0. The highest BCUT2D eigenvalue weighted by Gasteiger charge is 2.06. The molecule has 2 rings (SSSR count). The van der Waals surface area contributed by atoms with Gasteiger partial charge in [0.1, 0.15) is 0 Å². The third kappa shape index (κ3) is 1.90. The van der Waals surface area contributed by atoms with Gasteiger partial charge in [0.15, 0.2) is 5.82 Å². The Bertz CT molecular complexity index is 480. The summed E-state index contributed by atoms with van der Waals surface area (Å²) in [6, 6.07) is 0. The zero-order valence-electron chi connectivity index (χ0n) is 7.98. The van der Waals surface area contributed by atoms with Gasteiger partial charge in [0.05, 0.1) is 17.4 Å². The quantitative estimate of drug-likeness (QED) is 0.585. The average Bonchev–Trinajstić information content (AvgIpc) is 2.65. The van der Waals surface area contributed by atoms with Gasteiger partial charge in [0.2, 0.25) is 5.95 Å². The summed E-state index contributed by atoms with van der Waals surface area (Å²) in [5.41, 5.74) is 3.26. The molecule has 15 heavy (non-hydrogen) atoms. The molecule has 0 spiro atoms. The molecule has 0 aliphatic heterocycles. The van der Waals surface area contributed by atoms with Crippen molar-refractivity contribution in [3.63, 3.8) is 0 Å². The number of hydrogen-bond acceptors (Lipinski definition) is 5. The van der Waals surface area contributed by atoms with Crippen LogP contribution in [0.1, 0.15) is 5.56 Å². The topological polar surface area (TPSA) is 81.6 Å². The summed E-state index contributed by atoms with van der Waals surface area (Å²) >= 11 is 5.77. The Morgan fingerprint density at radius 3 is 2.87 bits per heavy atom. The number of nitrogens with zero attached hydrogens (tertiary/aromatic N) is 4. The minimum absolute atomic E-state index is 0.335. The van der Waals surface area contributed by atoms with Crippen LogP contribution in [0.25, 0.3) is 5.82 Å². The zero-order chi connectivity index (χ0) is 10.8. The first kappa shape index (κ1) is 9.88. The van der Waals surface area contributed by atoms with Crippen LogP contribution < -0.4 is 11.3 Å². The van der Waals surface area contributed by atoms with Crippen LogP contribution in [0.2, 0.25) is 5.02 Å². The summed E-state index contributed by atoms with van der Waals surface area (Å²) in [5, 5.41) is 4.60. The monoisotopic (exact) mass is 224 g/mol. The van der Waals surface area contributed by atoms with Crippen LogP contribution in [-0.2, 0) is 0 Å². The highest BCUT2D eigenvalue weighted by atomic mass is 35.5. The summed E-state index contributed by atoms with van der Waals surface area (Å²) in [6.45, 7) is 1.88. The lowest BCUT2D eigenvalue weighted by atomic mass is 10.3. The van der Waals surface area contributed by atoms with E-state index in [9.17, 15) is 0 Å². The lowest BCUT2D eigenvalue weighted by Crippen LogP contribution is -2.12. The first-order chi connectivity index (χ1) is 7.20. The van der Waals surface area contributed by atoms with E-state index >= 15 is 0 Å². The number of nitrogen functional groups attached to an aromatic ring is 1. The van der Waals surface area contributed by atoms with Crippen LogP contribution in [0.5, 0.6) is 0 Å². The van der Waals surface area contributed by atoms with Crippen LogP contribution >= 0.6 is 11.6 Å². The van der Waals surface area contributed by atoms with Gasteiger partial charge in [-0.2, -0.15) is 10.1 Å². The van der Waals surface area contributed by atoms with E-state index < -0.39 is 0 Å². The van der Waals surface area contributed by atoms with E-state index in [1.54, 1.807) is 23.3 Å². The number of hydrazine groups is 1. The molecule has 0 saturated heterocycles. The number of halogens is 1. The normalized spacial score (nSPS) is 10.3. The number of rotatable bonds is 2. The standard InChI is InChI=1S/C8H9ClN6/c1-5-2-11-8(14-10)13-7(5)15-4-6(9)3-12-15/h2-4H,10H2,1H3,(H,11,13,14). The Labute approximate surface area is 91.1 Å². The highest BCUT2D eigenvalue weighted by molar-refractivity contribution is 6.30. The van der Waals surface area contributed by atoms with Crippen molar-refractivity contribution in [3.8, 4) is 5.82 Å². The van der Waals surface area contributed by atoms with Crippen molar-refractivity contribution < 1.29 is 0 Å². The van der Waals surface area contributed by atoms with Gasteiger partial charge in [0.25, 0.3) is 0 Å². The maximum absolute atomic E-state index is 5.77. The third-order valence-electron chi connectivity index (χ3n) is 1.84. The number of aryl methyl sites for hydroxylation is 1. The molecule has 0 aromatic carbocycles. The molecule has 3 N–H and O–H groups in total. The third-order valence-corrected chi connectivity index (χ3v) is 2.04. The molecule has 0 amide bonds. The fraction of sp³-hybridized carbons (Fsp3) is 0.125. The second-order valence-electron chi connectivity index (χ2n) is 2.95. The second kappa shape index (κ2) is 3.84. The maximum atomic E-state index is 5.77. The molecule has 6 nitrogen and oxygen atoms in total. The van der Waals surface area contributed by atoms with Gasteiger partial charge in [0, 0.05) is 11.8 Å². The van der Waals surface area contributed by atoms with E-state index in [2.05, 4.69) is 20.5 Å². The van der Waals surface area contributed by atoms with Crippen molar-refractivity contribution in [1.82, 2.24) is 19.7 Å². The molecule has 0 saturated carbocycles. The van der Waals surface area contributed by atoms with E-state index in [0.29, 0.717) is 16.8 Å². The van der Waals surface area contributed by atoms with Crippen LogP contribution in [0, 0.1) is 6.92 Å². The lowest BCUT2D eigenvalue weighted by molar-refractivity contribution is 0.830. The van der Waals surface area contributed by atoms with E-state index in [-0.39, 0.29) is 0 Å². The summed E-state index contributed by atoms with van der Waals surface area (Å²) in [4.78, 5) is 8.14. The minimum atomic E-state index is 0.335. The zero-order valence-corrected chi connectivity index (χ0v) is 8.73. The van der Waals surface area contributed by atoms with Crippen molar-refractivity contribution in [2.45, 2.75) is 6.92 Å². The average molecular weight is 225 g/mol. The molecule has 2 aromatic heterocycles. The molecule has 0 fully saturated rings. The van der Waals surface area contributed by atoms with E-state index in [1.165, 1.54) is 0 Å². The summed E-state index contributed by atoms with van der Waals surface area (Å²) < 4.78 is 1.57. The maximum Gasteiger partial charge on any atom is 0.239 e. The van der Waals surface area contributed by atoms with Gasteiger partial charge in [-0.3, -0.25) is 5.43 Å². The van der Waals surface area contributed by atoms with Crippen molar-refractivity contribution in [3.05, 3.63) is 29.2 Å². The Balaban J connectivity index is 2.51. The molecule has 0 aliphatic rings.